The van der Waals surface area contributed by atoms with E-state index in [1.165, 1.54) is 31.2 Å². The second-order valence-corrected chi connectivity index (χ2v) is 5.42. The molecular formula is C17H26O3. The van der Waals surface area contributed by atoms with Gasteiger partial charge < -0.3 is 14.2 Å². The summed E-state index contributed by atoms with van der Waals surface area (Å²) in [5.41, 5.74) is 1.27. The van der Waals surface area contributed by atoms with Crippen molar-refractivity contribution in [1.29, 1.82) is 0 Å². The van der Waals surface area contributed by atoms with Crippen LogP contribution in [0.25, 0.3) is 0 Å². The molecule has 1 unspecified atom stereocenters. The quantitative estimate of drug-likeness (QED) is 0.674. The van der Waals surface area contributed by atoms with Crippen molar-refractivity contribution in [2.45, 2.75) is 57.8 Å². The summed E-state index contributed by atoms with van der Waals surface area (Å²) in [5.74, 6) is 0.895. The Morgan fingerprint density at radius 1 is 1.15 bits per heavy atom. The van der Waals surface area contributed by atoms with Gasteiger partial charge in [-0.3, -0.25) is 0 Å². The van der Waals surface area contributed by atoms with Crippen molar-refractivity contribution in [3.05, 3.63) is 29.8 Å². The lowest BCUT2D eigenvalue weighted by Gasteiger charge is -2.11. The zero-order valence-corrected chi connectivity index (χ0v) is 12.6. The van der Waals surface area contributed by atoms with Gasteiger partial charge in [0.05, 0.1) is 19.8 Å². The fourth-order valence-corrected chi connectivity index (χ4v) is 2.53. The standard InChI is InChI=1S/C17H26O3/c1-3-4-5-6-7-17-19-13-16(20-17)12-14-8-10-15(18-2)11-9-14/h8-11,16-17H,3-7,12-13H2,1-2H3/t16-,17?/m0/s1. The van der Waals surface area contributed by atoms with Gasteiger partial charge in [0.15, 0.2) is 6.29 Å². The smallest absolute Gasteiger partial charge is 0.158 e. The molecule has 1 fully saturated rings. The zero-order chi connectivity index (χ0) is 14.2. The lowest BCUT2D eigenvalue weighted by Crippen LogP contribution is -2.15. The van der Waals surface area contributed by atoms with E-state index in [9.17, 15) is 0 Å². The Morgan fingerprint density at radius 3 is 2.65 bits per heavy atom. The van der Waals surface area contributed by atoms with Crippen molar-refractivity contribution in [2.75, 3.05) is 13.7 Å². The fourth-order valence-electron chi connectivity index (χ4n) is 2.53. The van der Waals surface area contributed by atoms with E-state index >= 15 is 0 Å². The number of rotatable bonds is 8. The third-order valence-electron chi connectivity index (χ3n) is 3.73. The molecular weight excluding hydrogens is 252 g/mol. The Balaban J connectivity index is 1.69. The van der Waals surface area contributed by atoms with E-state index in [0.717, 1.165) is 18.6 Å². The lowest BCUT2D eigenvalue weighted by atomic mass is 10.1. The molecule has 0 aliphatic carbocycles. The highest BCUT2D eigenvalue weighted by Gasteiger charge is 2.25. The molecule has 112 valence electrons. The highest BCUT2D eigenvalue weighted by molar-refractivity contribution is 5.27. The summed E-state index contributed by atoms with van der Waals surface area (Å²) in [7, 11) is 1.69. The van der Waals surface area contributed by atoms with Gasteiger partial charge in [-0.05, 0) is 30.5 Å². The fraction of sp³-hybridized carbons (Fsp3) is 0.647. The van der Waals surface area contributed by atoms with Crippen molar-refractivity contribution < 1.29 is 14.2 Å². The molecule has 0 aromatic heterocycles. The van der Waals surface area contributed by atoms with Crippen LogP contribution >= 0.6 is 0 Å². The van der Waals surface area contributed by atoms with Gasteiger partial charge in [0, 0.05) is 6.42 Å². The summed E-state index contributed by atoms with van der Waals surface area (Å²) in [5, 5.41) is 0. The first-order valence-corrected chi connectivity index (χ1v) is 7.71. The first kappa shape index (κ1) is 15.3. The molecule has 20 heavy (non-hydrogen) atoms. The second kappa shape index (κ2) is 8.28. The van der Waals surface area contributed by atoms with E-state index < -0.39 is 0 Å². The topological polar surface area (TPSA) is 27.7 Å². The van der Waals surface area contributed by atoms with Crippen molar-refractivity contribution in [2.24, 2.45) is 0 Å². The first-order chi connectivity index (χ1) is 9.81. The average Bonchev–Trinajstić information content (AvgIpc) is 2.92. The summed E-state index contributed by atoms with van der Waals surface area (Å²) in [6.45, 7) is 2.94. The number of hydrogen-bond donors (Lipinski definition) is 0. The van der Waals surface area contributed by atoms with Crippen molar-refractivity contribution in [1.82, 2.24) is 0 Å². The second-order valence-electron chi connectivity index (χ2n) is 5.42. The molecule has 1 saturated heterocycles. The van der Waals surface area contributed by atoms with Crippen LogP contribution in [0.4, 0.5) is 0 Å². The van der Waals surface area contributed by atoms with Crippen molar-refractivity contribution in [3.8, 4) is 5.75 Å². The predicted molar refractivity (Wildman–Crippen MR) is 80.1 cm³/mol. The minimum Gasteiger partial charge on any atom is -0.497 e. The maximum Gasteiger partial charge on any atom is 0.158 e. The van der Waals surface area contributed by atoms with Crippen LogP contribution in [0, 0.1) is 0 Å². The summed E-state index contributed by atoms with van der Waals surface area (Å²) >= 11 is 0. The van der Waals surface area contributed by atoms with Gasteiger partial charge in [0.2, 0.25) is 0 Å². The lowest BCUT2D eigenvalue weighted by molar-refractivity contribution is -0.0628. The summed E-state index contributed by atoms with van der Waals surface area (Å²) in [6.07, 6.45) is 7.20. The van der Waals surface area contributed by atoms with Crippen LogP contribution in [0.3, 0.4) is 0 Å². The van der Waals surface area contributed by atoms with Crippen molar-refractivity contribution in [3.63, 3.8) is 0 Å². The number of benzene rings is 1. The van der Waals surface area contributed by atoms with E-state index in [0.29, 0.717) is 6.61 Å². The molecule has 2 atom stereocenters. The highest BCUT2D eigenvalue weighted by Crippen LogP contribution is 2.21. The van der Waals surface area contributed by atoms with Gasteiger partial charge in [-0.25, -0.2) is 0 Å². The van der Waals surface area contributed by atoms with Crippen LogP contribution in [0.2, 0.25) is 0 Å². The maximum absolute atomic E-state index is 5.95. The zero-order valence-electron chi connectivity index (χ0n) is 12.6. The summed E-state index contributed by atoms with van der Waals surface area (Å²) in [6, 6.07) is 8.17. The molecule has 0 spiro atoms. The van der Waals surface area contributed by atoms with E-state index in [2.05, 4.69) is 19.1 Å². The predicted octanol–water partition coefficient (Wildman–Crippen LogP) is 3.95. The Labute approximate surface area is 122 Å². The average molecular weight is 278 g/mol. The minimum absolute atomic E-state index is 0.00936. The van der Waals surface area contributed by atoms with Crippen LogP contribution in [-0.2, 0) is 15.9 Å². The van der Waals surface area contributed by atoms with E-state index in [-0.39, 0.29) is 12.4 Å². The van der Waals surface area contributed by atoms with Gasteiger partial charge in [0.25, 0.3) is 0 Å². The molecule has 3 heteroatoms. The van der Waals surface area contributed by atoms with Gasteiger partial charge in [-0.2, -0.15) is 0 Å². The molecule has 2 rings (SSSR count). The maximum atomic E-state index is 5.95. The van der Waals surface area contributed by atoms with Gasteiger partial charge in [0.1, 0.15) is 5.75 Å². The summed E-state index contributed by atoms with van der Waals surface area (Å²) < 4.78 is 16.8. The van der Waals surface area contributed by atoms with Crippen LogP contribution in [0.15, 0.2) is 24.3 Å². The molecule has 0 amide bonds. The van der Waals surface area contributed by atoms with Gasteiger partial charge in [-0.1, -0.05) is 38.3 Å². The Hall–Kier alpha value is -1.06. The Morgan fingerprint density at radius 2 is 1.95 bits per heavy atom. The largest absolute Gasteiger partial charge is 0.497 e. The Kier molecular flexibility index (Phi) is 6.34. The van der Waals surface area contributed by atoms with E-state index in [4.69, 9.17) is 14.2 Å². The Bertz CT molecular complexity index is 374. The van der Waals surface area contributed by atoms with Gasteiger partial charge in [-0.15, -0.1) is 0 Å². The molecule has 0 N–H and O–H groups in total. The minimum atomic E-state index is 0.00936. The van der Waals surface area contributed by atoms with E-state index in [1.54, 1.807) is 7.11 Å². The number of ether oxygens (including phenoxy) is 3. The first-order valence-electron chi connectivity index (χ1n) is 7.71. The third-order valence-corrected chi connectivity index (χ3v) is 3.73. The van der Waals surface area contributed by atoms with Gasteiger partial charge >= 0.3 is 0 Å². The van der Waals surface area contributed by atoms with Crippen LogP contribution < -0.4 is 4.74 Å². The molecule has 1 aromatic carbocycles. The molecule has 0 radical (unpaired) electrons. The third kappa shape index (κ3) is 4.80. The van der Waals surface area contributed by atoms with E-state index in [1.807, 2.05) is 12.1 Å². The number of methoxy groups -OCH3 is 1. The molecule has 1 heterocycles. The normalized spacial score (nSPS) is 22.1. The molecule has 1 aliphatic rings. The molecule has 0 bridgehead atoms. The monoisotopic (exact) mass is 278 g/mol. The molecule has 0 saturated carbocycles. The van der Waals surface area contributed by atoms with Crippen LogP contribution in [0.5, 0.6) is 5.75 Å². The molecule has 1 aromatic rings. The molecule has 1 aliphatic heterocycles. The summed E-state index contributed by atoms with van der Waals surface area (Å²) in [4.78, 5) is 0. The number of unbranched alkanes of at least 4 members (excludes halogenated alkanes) is 3. The highest BCUT2D eigenvalue weighted by atomic mass is 16.7. The van der Waals surface area contributed by atoms with Crippen LogP contribution in [-0.4, -0.2) is 26.1 Å². The number of hydrogen-bond acceptors (Lipinski definition) is 3. The SMILES string of the molecule is CCCCCCC1OC[C@H](Cc2ccc(OC)cc2)O1. The van der Waals surface area contributed by atoms with Crippen molar-refractivity contribution >= 4 is 0 Å². The molecule has 3 nitrogen and oxygen atoms in total. The van der Waals surface area contributed by atoms with Crippen LogP contribution in [0.1, 0.15) is 44.6 Å².